The number of rotatable bonds is 1. The largest absolute Gasteiger partial charge is 0.393 e. The molecule has 4 heterocycles. The molecule has 4 aliphatic heterocycles. The lowest BCUT2D eigenvalue weighted by Crippen LogP contribution is -2.95. The minimum absolute atomic E-state index is 0.250. The molecule has 5 rings (SSSR count). The fraction of sp³-hybridized carbons (Fsp3) is 0.909. The second-order valence-corrected chi connectivity index (χ2v) is 6.22. The lowest BCUT2D eigenvalue weighted by Gasteiger charge is -2.71. The first kappa shape index (κ1) is 14.5. The third-order valence-corrected chi connectivity index (χ3v) is 5.22. The van der Waals surface area contributed by atoms with Crippen molar-refractivity contribution in [1.29, 1.82) is 0 Å². The molecule has 1 saturated carbocycles. The third kappa shape index (κ3) is 1.28. The van der Waals surface area contributed by atoms with E-state index >= 15 is 0 Å². The highest BCUT2D eigenvalue weighted by Crippen LogP contribution is 2.58. The van der Waals surface area contributed by atoms with Gasteiger partial charge in [0.25, 0.3) is 0 Å². The van der Waals surface area contributed by atoms with Crippen molar-refractivity contribution in [3.05, 3.63) is 0 Å². The minimum atomic E-state index is -2.52. The topological polar surface area (TPSA) is 190 Å². The number of nitrogens with zero attached hydrogens (tertiary/aromatic N) is 1. The van der Waals surface area contributed by atoms with Crippen LogP contribution in [0.3, 0.4) is 0 Å². The standard InChI is InChI=1S/C11H17N3O8/c12-8-13-6(17)2-4-9(19,1-15)5-3(16)10(2,14-8)7(18)11(20,21-4)22-5/h2-7,15-20H,1H2,(H3,12,13,14)/t2-,3+,4-,5-,6-,7+,9+,10-,11-/m1/s1. The summed E-state index contributed by atoms with van der Waals surface area (Å²) in [4.78, 5) is 3.70. The Morgan fingerprint density at radius 1 is 1.18 bits per heavy atom. The maximum Gasteiger partial charge on any atom is 0.311 e. The Hall–Kier alpha value is -1.05. The van der Waals surface area contributed by atoms with E-state index in [-0.39, 0.29) is 5.96 Å². The van der Waals surface area contributed by atoms with Crippen LogP contribution in [0, 0.1) is 5.92 Å². The fourth-order valence-electron chi connectivity index (χ4n) is 4.24. The predicted molar refractivity (Wildman–Crippen MR) is 65.7 cm³/mol. The first-order valence-corrected chi connectivity index (χ1v) is 6.77. The normalized spacial score (nSPS) is 62.4. The summed E-state index contributed by atoms with van der Waals surface area (Å²) in [6.45, 7) is -0.857. The quantitative estimate of drug-likeness (QED) is 0.231. The minimum Gasteiger partial charge on any atom is -0.393 e. The van der Waals surface area contributed by atoms with Crippen LogP contribution in [0.1, 0.15) is 0 Å². The van der Waals surface area contributed by atoms with Crippen LogP contribution in [-0.2, 0) is 9.47 Å². The molecule has 124 valence electrons. The van der Waals surface area contributed by atoms with Crippen LogP contribution < -0.4 is 11.1 Å². The van der Waals surface area contributed by atoms with E-state index in [1.807, 2.05) is 0 Å². The predicted octanol–water partition coefficient (Wildman–Crippen LogP) is -5.52. The van der Waals surface area contributed by atoms with Crippen molar-refractivity contribution in [1.82, 2.24) is 5.32 Å². The van der Waals surface area contributed by atoms with Crippen molar-refractivity contribution in [2.75, 3.05) is 6.61 Å². The molecular formula is C11H17N3O8. The molecule has 9 N–H and O–H groups in total. The first-order chi connectivity index (χ1) is 10.2. The summed E-state index contributed by atoms with van der Waals surface area (Å²) in [6.07, 6.45) is -7.77. The molecule has 1 aliphatic carbocycles. The van der Waals surface area contributed by atoms with Gasteiger partial charge in [0.15, 0.2) is 18.3 Å². The average molecular weight is 319 g/mol. The van der Waals surface area contributed by atoms with Gasteiger partial charge in [0.1, 0.15) is 29.5 Å². The van der Waals surface area contributed by atoms with E-state index in [1.54, 1.807) is 0 Å². The van der Waals surface area contributed by atoms with Gasteiger partial charge in [-0.2, -0.15) is 0 Å². The molecule has 11 nitrogen and oxygen atoms in total. The van der Waals surface area contributed by atoms with Crippen molar-refractivity contribution >= 4 is 5.96 Å². The van der Waals surface area contributed by atoms with Gasteiger partial charge in [0, 0.05) is 0 Å². The number of aliphatic hydroxyl groups is 6. The number of ether oxygens (including phenoxy) is 2. The number of guanidine groups is 1. The Morgan fingerprint density at radius 3 is 2.45 bits per heavy atom. The summed E-state index contributed by atoms with van der Waals surface area (Å²) in [5.41, 5.74) is 1.74. The highest BCUT2D eigenvalue weighted by atomic mass is 16.9. The van der Waals surface area contributed by atoms with E-state index < -0.39 is 60.3 Å². The van der Waals surface area contributed by atoms with Crippen LogP contribution in [0.15, 0.2) is 4.99 Å². The molecule has 4 bridgehead atoms. The molecule has 0 radical (unpaired) electrons. The van der Waals surface area contributed by atoms with Crippen LogP contribution in [0.4, 0.5) is 0 Å². The molecule has 22 heavy (non-hydrogen) atoms. The highest BCUT2D eigenvalue weighted by molar-refractivity contribution is 5.80. The van der Waals surface area contributed by atoms with Gasteiger partial charge in [0.05, 0.1) is 12.5 Å². The van der Waals surface area contributed by atoms with Crippen LogP contribution in [0.2, 0.25) is 0 Å². The van der Waals surface area contributed by atoms with Gasteiger partial charge >= 0.3 is 5.97 Å². The van der Waals surface area contributed by atoms with Gasteiger partial charge in [-0.3, -0.25) is 0 Å². The van der Waals surface area contributed by atoms with E-state index in [0.29, 0.717) is 0 Å². The average Bonchev–Trinajstić information content (AvgIpc) is 2.45. The van der Waals surface area contributed by atoms with E-state index in [4.69, 9.17) is 15.2 Å². The Balaban J connectivity index is 1.95. The number of aliphatic imine (C=N–C) groups is 1. The number of nitrogens with two attached hydrogens (primary N) is 1. The van der Waals surface area contributed by atoms with Crippen LogP contribution in [0.25, 0.3) is 0 Å². The molecule has 0 aromatic carbocycles. The summed E-state index contributed by atoms with van der Waals surface area (Å²) in [6, 6.07) is 0. The van der Waals surface area contributed by atoms with Crippen molar-refractivity contribution in [2.45, 2.75) is 47.8 Å². The van der Waals surface area contributed by atoms with Gasteiger partial charge in [-0.15, -0.1) is 0 Å². The van der Waals surface area contributed by atoms with Gasteiger partial charge in [-0.05, 0) is 0 Å². The third-order valence-electron chi connectivity index (χ3n) is 5.22. The molecule has 3 saturated heterocycles. The molecule has 4 fully saturated rings. The van der Waals surface area contributed by atoms with Crippen molar-refractivity contribution in [3.63, 3.8) is 0 Å². The summed E-state index contributed by atoms with van der Waals surface area (Å²) in [7, 11) is 0. The zero-order valence-corrected chi connectivity index (χ0v) is 11.2. The number of hydrogen-bond acceptors (Lipinski definition) is 11. The maximum absolute atomic E-state index is 10.6. The molecule has 0 aromatic heterocycles. The van der Waals surface area contributed by atoms with E-state index in [2.05, 4.69) is 10.3 Å². The molecule has 0 unspecified atom stereocenters. The number of nitrogens with one attached hydrogen (secondary N) is 1. The van der Waals surface area contributed by atoms with Gasteiger partial charge in [-0.25, -0.2) is 4.99 Å². The van der Waals surface area contributed by atoms with E-state index in [1.165, 1.54) is 0 Å². The first-order valence-electron chi connectivity index (χ1n) is 6.77. The highest BCUT2D eigenvalue weighted by Gasteiger charge is 2.82. The van der Waals surface area contributed by atoms with Gasteiger partial charge < -0.3 is 51.2 Å². The Morgan fingerprint density at radius 2 is 1.82 bits per heavy atom. The Bertz CT molecular complexity index is 561. The summed E-state index contributed by atoms with van der Waals surface area (Å²) >= 11 is 0. The second-order valence-electron chi connectivity index (χ2n) is 6.22. The van der Waals surface area contributed by atoms with Crippen LogP contribution >= 0.6 is 0 Å². The molecule has 9 atom stereocenters. The molecule has 1 spiro atoms. The van der Waals surface area contributed by atoms with Crippen molar-refractivity contribution in [3.8, 4) is 0 Å². The molecule has 11 heteroatoms. The van der Waals surface area contributed by atoms with E-state index in [9.17, 15) is 30.6 Å². The van der Waals surface area contributed by atoms with Crippen LogP contribution in [0.5, 0.6) is 0 Å². The zero-order valence-electron chi connectivity index (χ0n) is 11.2. The lowest BCUT2D eigenvalue weighted by molar-refractivity contribution is -0.548. The van der Waals surface area contributed by atoms with Gasteiger partial charge in [0.2, 0.25) is 0 Å². The van der Waals surface area contributed by atoms with Crippen molar-refractivity contribution < 1.29 is 40.1 Å². The molecule has 5 aliphatic rings. The lowest BCUT2D eigenvalue weighted by atomic mass is 9.55. The monoisotopic (exact) mass is 319 g/mol. The van der Waals surface area contributed by atoms with E-state index in [0.717, 1.165) is 0 Å². The summed E-state index contributed by atoms with van der Waals surface area (Å²) in [5.74, 6) is -3.95. The fourth-order valence-corrected chi connectivity index (χ4v) is 4.24. The summed E-state index contributed by atoms with van der Waals surface area (Å²) < 4.78 is 10.3. The molecular weight excluding hydrogens is 302 g/mol. The molecule has 0 aromatic rings. The molecule has 0 amide bonds. The number of hydrogen-bond donors (Lipinski definition) is 8. The van der Waals surface area contributed by atoms with Crippen molar-refractivity contribution in [2.24, 2.45) is 16.6 Å². The second kappa shape index (κ2) is 3.88. The maximum atomic E-state index is 10.6. The smallest absolute Gasteiger partial charge is 0.311 e. The Kier molecular flexibility index (Phi) is 2.57. The van der Waals surface area contributed by atoms with Crippen LogP contribution in [-0.4, -0.2) is 91.0 Å². The zero-order chi connectivity index (χ0) is 16.1. The summed E-state index contributed by atoms with van der Waals surface area (Å²) in [5, 5.41) is 64.3. The number of aliphatic hydroxyl groups excluding tert-OH is 4. The Labute approximate surface area is 123 Å². The van der Waals surface area contributed by atoms with Gasteiger partial charge in [-0.1, -0.05) is 0 Å². The SMILES string of the molecule is NC1=N[C@H](O)[C@H]2[C@H]3O[C@@]4(O)O[C@H]([C@H](O)[C@@]2(N1)[C@@H]4O)[C@]3(O)CO.